The lowest BCUT2D eigenvalue weighted by Gasteiger charge is -2.18. The monoisotopic (exact) mass is 302 g/mol. The van der Waals surface area contributed by atoms with Gasteiger partial charge in [-0.3, -0.25) is 0 Å². The van der Waals surface area contributed by atoms with Crippen LogP contribution < -0.4 is 5.32 Å². The lowest BCUT2D eigenvalue weighted by atomic mass is 10.2. The number of nitrogens with zero attached hydrogens (tertiary/aromatic N) is 1. The van der Waals surface area contributed by atoms with Gasteiger partial charge in [0.05, 0.1) is 0 Å². The van der Waals surface area contributed by atoms with Crippen LogP contribution in [0.4, 0.5) is 4.39 Å². The molecule has 0 aliphatic rings. The first-order valence-corrected chi connectivity index (χ1v) is 6.64. The molecule has 0 saturated heterocycles. The Morgan fingerprint density at radius 3 is 2.76 bits per heavy atom. The molecule has 1 rings (SSSR count). The summed E-state index contributed by atoms with van der Waals surface area (Å²) in [6, 6.07) is 5.55. The Hall–Kier alpha value is -0.450. The Bertz CT molecular complexity index is 355. The molecule has 0 bridgehead atoms. The van der Waals surface area contributed by atoms with E-state index in [0.29, 0.717) is 12.6 Å². The van der Waals surface area contributed by atoms with E-state index in [9.17, 15) is 4.39 Å². The molecule has 0 radical (unpaired) electrons. The molecule has 96 valence electrons. The third-order valence-electron chi connectivity index (χ3n) is 2.49. The van der Waals surface area contributed by atoms with Gasteiger partial charge < -0.3 is 10.2 Å². The van der Waals surface area contributed by atoms with E-state index in [0.717, 1.165) is 23.1 Å². The van der Waals surface area contributed by atoms with Crippen LogP contribution in [0, 0.1) is 5.82 Å². The molecule has 1 N–H and O–H groups in total. The molecule has 0 spiro atoms. The van der Waals surface area contributed by atoms with Crippen LogP contribution in [0.3, 0.4) is 0 Å². The van der Waals surface area contributed by atoms with Crippen LogP contribution >= 0.6 is 15.9 Å². The standard InChI is InChI=1S/C13H20BrFN2/c1-10(2)16-6-7-17(3)9-11-8-12(14)4-5-13(11)15/h4-5,8,10,16H,6-7,9H2,1-3H3. The Kier molecular flexibility index (Phi) is 6.09. The molecule has 1 aromatic carbocycles. The van der Waals surface area contributed by atoms with E-state index in [4.69, 9.17) is 0 Å². The fraction of sp³-hybridized carbons (Fsp3) is 0.538. The molecule has 0 fully saturated rings. The highest BCUT2D eigenvalue weighted by molar-refractivity contribution is 9.10. The van der Waals surface area contributed by atoms with Gasteiger partial charge in [0.1, 0.15) is 5.82 Å². The van der Waals surface area contributed by atoms with Gasteiger partial charge in [-0.25, -0.2) is 4.39 Å². The van der Waals surface area contributed by atoms with Gasteiger partial charge in [0.15, 0.2) is 0 Å². The van der Waals surface area contributed by atoms with Crippen molar-refractivity contribution >= 4 is 15.9 Å². The molecule has 17 heavy (non-hydrogen) atoms. The largest absolute Gasteiger partial charge is 0.313 e. The fourth-order valence-electron chi connectivity index (χ4n) is 1.58. The number of nitrogens with one attached hydrogen (secondary N) is 1. The van der Waals surface area contributed by atoms with Crippen molar-refractivity contribution in [2.45, 2.75) is 26.4 Å². The molecular formula is C13H20BrFN2. The number of hydrogen-bond donors (Lipinski definition) is 1. The molecule has 0 aliphatic carbocycles. The molecule has 0 saturated carbocycles. The maximum absolute atomic E-state index is 13.5. The Balaban J connectivity index is 2.44. The van der Waals surface area contributed by atoms with Crippen LogP contribution in [0.25, 0.3) is 0 Å². The molecule has 0 aliphatic heterocycles. The van der Waals surface area contributed by atoms with E-state index in [1.54, 1.807) is 6.07 Å². The van der Waals surface area contributed by atoms with Gasteiger partial charge in [0.2, 0.25) is 0 Å². The van der Waals surface area contributed by atoms with Crippen molar-refractivity contribution in [3.8, 4) is 0 Å². The molecule has 0 amide bonds. The minimum atomic E-state index is -0.142. The summed E-state index contributed by atoms with van der Waals surface area (Å²) in [5, 5.41) is 3.34. The van der Waals surface area contributed by atoms with Crippen molar-refractivity contribution < 1.29 is 4.39 Å². The highest BCUT2D eigenvalue weighted by Gasteiger charge is 2.06. The van der Waals surface area contributed by atoms with Crippen molar-refractivity contribution in [1.29, 1.82) is 0 Å². The molecule has 2 nitrogen and oxygen atoms in total. The average Bonchev–Trinajstić information content (AvgIpc) is 2.23. The molecule has 4 heteroatoms. The van der Waals surface area contributed by atoms with Crippen LogP contribution in [-0.2, 0) is 6.54 Å². The lowest BCUT2D eigenvalue weighted by molar-refractivity contribution is 0.315. The lowest BCUT2D eigenvalue weighted by Crippen LogP contribution is -2.32. The van der Waals surface area contributed by atoms with Gasteiger partial charge >= 0.3 is 0 Å². The van der Waals surface area contributed by atoms with E-state index in [1.165, 1.54) is 6.07 Å². The molecule has 0 heterocycles. The summed E-state index contributed by atoms with van der Waals surface area (Å²) in [5.41, 5.74) is 0.728. The highest BCUT2D eigenvalue weighted by Crippen LogP contribution is 2.16. The minimum absolute atomic E-state index is 0.142. The number of benzene rings is 1. The average molecular weight is 303 g/mol. The predicted molar refractivity (Wildman–Crippen MR) is 73.6 cm³/mol. The van der Waals surface area contributed by atoms with E-state index in [1.807, 2.05) is 13.1 Å². The van der Waals surface area contributed by atoms with Crippen molar-refractivity contribution in [3.63, 3.8) is 0 Å². The molecule has 0 aromatic heterocycles. The second-order valence-corrected chi connectivity index (χ2v) is 5.50. The third-order valence-corrected chi connectivity index (χ3v) is 2.99. The predicted octanol–water partition coefficient (Wildman–Crippen LogP) is 3.02. The summed E-state index contributed by atoms with van der Waals surface area (Å²) in [7, 11) is 2.00. The van der Waals surface area contributed by atoms with Crippen LogP contribution in [0.15, 0.2) is 22.7 Å². The smallest absolute Gasteiger partial charge is 0.127 e. The second kappa shape index (κ2) is 7.09. The first-order chi connectivity index (χ1) is 7.99. The van der Waals surface area contributed by atoms with E-state index in [-0.39, 0.29) is 5.82 Å². The zero-order valence-electron chi connectivity index (χ0n) is 10.6. The summed E-state index contributed by atoms with van der Waals surface area (Å²) < 4.78 is 14.4. The Morgan fingerprint density at radius 2 is 2.12 bits per heavy atom. The Morgan fingerprint density at radius 1 is 1.41 bits per heavy atom. The van der Waals surface area contributed by atoms with E-state index < -0.39 is 0 Å². The summed E-state index contributed by atoms with van der Waals surface area (Å²) in [4.78, 5) is 2.11. The number of halogens is 2. The summed E-state index contributed by atoms with van der Waals surface area (Å²) >= 11 is 3.36. The maximum atomic E-state index is 13.5. The molecular weight excluding hydrogens is 283 g/mol. The van der Waals surface area contributed by atoms with Gasteiger partial charge in [0.25, 0.3) is 0 Å². The van der Waals surface area contributed by atoms with Crippen LogP contribution in [0.5, 0.6) is 0 Å². The van der Waals surface area contributed by atoms with Crippen LogP contribution in [0.2, 0.25) is 0 Å². The number of hydrogen-bond acceptors (Lipinski definition) is 2. The van der Waals surface area contributed by atoms with Crippen LogP contribution in [0.1, 0.15) is 19.4 Å². The first kappa shape index (κ1) is 14.6. The first-order valence-electron chi connectivity index (χ1n) is 5.85. The molecule has 0 atom stereocenters. The Labute approximate surface area is 111 Å². The SMILES string of the molecule is CC(C)NCCN(C)Cc1cc(Br)ccc1F. The van der Waals surface area contributed by atoms with Crippen molar-refractivity contribution in [2.24, 2.45) is 0 Å². The van der Waals surface area contributed by atoms with Crippen molar-refractivity contribution in [1.82, 2.24) is 10.2 Å². The summed E-state index contributed by atoms with van der Waals surface area (Å²) in [6.07, 6.45) is 0. The molecule has 0 unspecified atom stereocenters. The van der Waals surface area contributed by atoms with Crippen molar-refractivity contribution in [2.75, 3.05) is 20.1 Å². The van der Waals surface area contributed by atoms with Crippen LogP contribution in [-0.4, -0.2) is 31.1 Å². The van der Waals surface area contributed by atoms with Gasteiger partial charge in [-0.2, -0.15) is 0 Å². The van der Waals surface area contributed by atoms with Gasteiger partial charge in [0, 0.05) is 35.7 Å². The summed E-state index contributed by atoms with van der Waals surface area (Å²) in [5.74, 6) is -0.142. The fourth-order valence-corrected chi connectivity index (χ4v) is 1.99. The zero-order valence-corrected chi connectivity index (χ0v) is 12.2. The second-order valence-electron chi connectivity index (χ2n) is 4.58. The topological polar surface area (TPSA) is 15.3 Å². The van der Waals surface area contributed by atoms with E-state index in [2.05, 4.69) is 40.0 Å². The quantitative estimate of drug-likeness (QED) is 0.869. The molecule has 1 aromatic rings. The number of likely N-dealkylation sites (N-methyl/N-ethyl adjacent to an activating group) is 1. The zero-order chi connectivity index (χ0) is 12.8. The summed E-state index contributed by atoms with van der Waals surface area (Å²) in [6.45, 7) is 6.70. The third kappa shape index (κ3) is 5.61. The highest BCUT2D eigenvalue weighted by atomic mass is 79.9. The van der Waals surface area contributed by atoms with Gasteiger partial charge in [-0.1, -0.05) is 29.8 Å². The number of rotatable bonds is 6. The van der Waals surface area contributed by atoms with E-state index >= 15 is 0 Å². The van der Waals surface area contributed by atoms with Gasteiger partial charge in [-0.05, 0) is 25.2 Å². The normalized spacial score (nSPS) is 11.5. The van der Waals surface area contributed by atoms with Crippen molar-refractivity contribution in [3.05, 3.63) is 34.1 Å². The minimum Gasteiger partial charge on any atom is -0.313 e. The van der Waals surface area contributed by atoms with Gasteiger partial charge in [-0.15, -0.1) is 0 Å². The maximum Gasteiger partial charge on any atom is 0.127 e.